The smallest absolute Gasteiger partial charge is 0.267 e. The van der Waals surface area contributed by atoms with Gasteiger partial charge in [-0.15, -0.1) is 0 Å². The normalized spacial score (nSPS) is 17.4. The Kier molecular flexibility index (Phi) is 4.94. The molecule has 0 radical (unpaired) electrons. The summed E-state index contributed by atoms with van der Waals surface area (Å²) in [5.74, 6) is -1.06. The van der Waals surface area contributed by atoms with Crippen molar-refractivity contribution in [3.05, 3.63) is 41.5 Å². The van der Waals surface area contributed by atoms with Crippen LogP contribution in [0.2, 0.25) is 0 Å². The molecule has 0 aliphatic carbocycles. The van der Waals surface area contributed by atoms with Gasteiger partial charge in [0.1, 0.15) is 0 Å². The molecule has 1 aliphatic rings. The first-order valence-corrected chi connectivity index (χ1v) is 8.46. The van der Waals surface area contributed by atoms with Gasteiger partial charge in [-0.25, -0.2) is 13.9 Å². The summed E-state index contributed by atoms with van der Waals surface area (Å²) in [5, 5.41) is 8.46. The van der Waals surface area contributed by atoms with Gasteiger partial charge in [0.2, 0.25) is 0 Å². The lowest BCUT2D eigenvalue weighted by Gasteiger charge is -2.27. The number of sulfone groups is 1. The Morgan fingerprint density at radius 2 is 1.82 bits per heavy atom. The van der Waals surface area contributed by atoms with Gasteiger partial charge in [0.15, 0.2) is 9.84 Å². The highest BCUT2D eigenvalue weighted by atomic mass is 32.2. The molecule has 1 aromatic rings. The van der Waals surface area contributed by atoms with Crippen molar-refractivity contribution < 1.29 is 23.2 Å². The molecule has 2 rings (SSSR count). The van der Waals surface area contributed by atoms with Crippen LogP contribution in [0.1, 0.15) is 15.9 Å². The van der Waals surface area contributed by atoms with Crippen molar-refractivity contribution in [3.63, 3.8) is 0 Å². The van der Waals surface area contributed by atoms with Gasteiger partial charge in [-0.2, -0.15) is 0 Å². The summed E-state index contributed by atoms with van der Waals surface area (Å²) in [7, 11) is -3.05. The molecule has 0 bridgehead atoms. The number of hydrogen-bond donors (Lipinski definition) is 2. The molecule has 0 unspecified atom stereocenters. The van der Waals surface area contributed by atoms with Crippen molar-refractivity contribution in [2.45, 2.75) is 0 Å². The van der Waals surface area contributed by atoms with E-state index < -0.39 is 15.7 Å². The molecule has 22 heavy (non-hydrogen) atoms. The summed E-state index contributed by atoms with van der Waals surface area (Å²) in [5.41, 5.74) is 2.37. The minimum absolute atomic E-state index is 0.0380. The summed E-state index contributed by atoms with van der Waals surface area (Å²) < 4.78 is 22.8. The maximum Gasteiger partial charge on any atom is 0.267 e. The van der Waals surface area contributed by atoms with Gasteiger partial charge in [0, 0.05) is 24.7 Å². The SMILES string of the molecule is O=C(C=Cc1ccccc1C(=O)N1CCS(=O)(=O)CC1)NO. The zero-order chi connectivity index (χ0) is 16.2. The summed E-state index contributed by atoms with van der Waals surface area (Å²) in [6, 6.07) is 6.68. The van der Waals surface area contributed by atoms with Crippen molar-refractivity contribution >= 4 is 27.7 Å². The second-order valence-electron chi connectivity index (χ2n) is 4.84. The second kappa shape index (κ2) is 6.71. The van der Waals surface area contributed by atoms with E-state index in [1.165, 1.54) is 16.5 Å². The molecule has 0 saturated carbocycles. The first kappa shape index (κ1) is 16.2. The van der Waals surface area contributed by atoms with Gasteiger partial charge >= 0.3 is 0 Å². The Morgan fingerprint density at radius 3 is 2.45 bits per heavy atom. The Balaban J connectivity index is 2.20. The largest absolute Gasteiger partial charge is 0.337 e. The molecule has 1 aliphatic heterocycles. The molecule has 8 heteroatoms. The number of carbonyl (C=O) groups is 2. The van der Waals surface area contributed by atoms with Crippen LogP contribution in [0.4, 0.5) is 0 Å². The van der Waals surface area contributed by atoms with E-state index in [0.29, 0.717) is 11.1 Å². The molecule has 2 amide bonds. The van der Waals surface area contributed by atoms with Gasteiger partial charge in [0.25, 0.3) is 11.8 Å². The molecule has 1 aromatic carbocycles. The lowest BCUT2D eigenvalue weighted by atomic mass is 10.1. The maximum atomic E-state index is 12.5. The maximum absolute atomic E-state index is 12.5. The van der Waals surface area contributed by atoms with Crippen LogP contribution in [0.3, 0.4) is 0 Å². The van der Waals surface area contributed by atoms with E-state index in [2.05, 4.69) is 0 Å². The quantitative estimate of drug-likeness (QED) is 0.465. The highest BCUT2D eigenvalue weighted by Gasteiger charge is 2.26. The van der Waals surface area contributed by atoms with Crippen LogP contribution in [0.25, 0.3) is 6.08 Å². The summed E-state index contributed by atoms with van der Waals surface area (Å²) in [4.78, 5) is 25.0. The van der Waals surface area contributed by atoms with Crippen molar-refractivity contribution in [2.75, 3.05) is 24.6 Å². The molecule has 0 aromatic heterocycles. The zero-order valence-electron chi connectivity index (χ0n) is 11.7. The van der Waals surface area contributed by atoms with Gasteiger partial charge < -0.3 is 4.90 Å². The van der Waals surface area contributed by atoms with Gasteiger partial charge in [0.05, 0.1) is 11.5 Å². The first-order chi connectivity index (χ1) is 10.4. The zero-order valence-corrected chi connectivity index (χ0v) is 12.5. The summed E-state index contributed by atoms with van der Waals surface area (Å²) >= 11 is 0. The van der Waals surface area contributed by atoms with E-state index in [0.717, 1.165) is 6.08 Å². The Labute approximate surface area is 128 Å². The number of nitrogens with one attached hydrogen (secondary N) is 1. The van der Waals surface area contributed by atoms with Crippen molar-refractivity contribution in [1.29, 1.82) is 0 Å². The molecule has 0 spiro atoms. The minimum Gasteiger partial charge on any atom is -0.337 e. The third kappa shape index (κ3) is 3.92. The van der Waals surface area contributed by atoms with Crippen LogP contribution < -0.4 is 5.48 Å². The summed E-state index contributed by atoms with van der Waals surface area (Å²) in [6.07, 6.45) is 2.52. The fourth-order valence-corrected chi connectivity index (χ4v) is 3.33. The van der Waals surface area contributed by atoms with E-state index in [4.69, 9.17) is 5.21 Å². The Hall–Kier alpha value is -2.19. The van der Waals surface area contributed by atoms with E-state index in [1.807, 2.05) is 0 Å². The number of rotatable bonds is 3. The van der Waals surface area contributed by atoms with E-state index in [1.54, 1.807) is 24.3 Å². The van der Waals surface area contributed by atoms with E-state index in [-0.39, 0.29) is 30.5 Å². The topological polar surface area (TPSA) is 104 Å². The molecule has 7 nitrogen and oxygen atoms in total. The standard InChI is InChI=1S/C14H16N2O5S/c17-13(15-19)6-5-11-3-1-2-4-12(11)14(18)16-7-9-22(20,21)10-8-16/h1-6,19H,7-10H2,(H,15,17). The molecular formula is C14H16N2O5S. The molecule has 1 fully saturated rings. The third-order valence-corrected chi connectivity index (χ3v) is 4.96. The lowest BCUT2D eigenvalue weighted by Crippen LogP contribution is -2.43. The van der Waals surface area contributed by atoms with Crippen LogP contribution in [-0.4, -0.2) is 54.9 Å². The van der Waals surface area contributed by atoms with Crippen molar-refractivity contribution in [3.8, 4) is 0 Å². The van der Waals surface area contributed by atoms with Crippen molar-refractivity contribution in [1.82, 2.24) is 10.4 Å². The minimum atomic E-state index is -3.05. The molecule has 1 saturated heterocycles. The Bertz CT molecular complexity index is 698. The molecule has 1 heterocycles. The highest BCUT2D eigenvalue weighted by molar-refractivity contribution is 7.91. The number of hydrogen-bond acceptors (Lipinski definition) is 5. The average Bonchev–Trinajstić information content (AvgIpc) is 2.52. The van der Waals surface area contributed by atoms with Crippen molar-refractivity contribution in [2.24, 2.45) is 0 Å². The van der Waals surface area contributed by atoms with Gasteiger partial charge in [-0.1, -0.05) is 18.2 Å². The van der Waals surface area contributed by atoms with Crippen LogP contribution in [-0.2, 0) is 14.6 Å². The van der Waals surface area contributed by atoms with E-state index in [9.17, 15) is 18.0 Å². The molecule has 118 valence electrons. The first-order valence-electron chi connectivity index (χ1n) is 6.64. The van der Waals surface area contributed by atoms with Crippen LogP contribution in [0.5, 0.6) is 0 Å². The van der Waals surface area contributed by atoms with E-state index >= 15 is 0 Å². The molecular weight excluding hydrogens is 308 g/mol. The number of hydroxylamine groups is 1. The average molecular weight is 324 g/mol. The highest BCUT2D eigenvalue weighted by Crippen LogP contribution is 2.15. The number of nitrogens with zero attached hydrogens (tertiary/aromatic N) is 1. The summed E-state index contributed by atoms with van der Waals surface area (Å²) in [6.45, 7) is 0.326. The lowest BCUT2D eigenvalue weighted by molar-refractivity contribution is -0.124. The second-order valence-corrected chi connectivity index (χ2v) is 7.14. The Morgan fingerprint density at radius 1 is 1.18 bits per heavy atom. The van der Waals surface area contributed by atoms with Gasteiger partial charge in [-0.05, 0) is 17.7 Å². The third-order valence-electron chi connectivity index (χ3n) is 3.35. The number of amides is 2. The van der Waals surface area contributed by atoms with Gasteiger partial charge in [-0.3, -0.25) is 14.8 Å². The number of benzene rings is 1. The predicted molar refractivity (Wildman–Crippen MR) is 80.0 cm³/mol. The van der Waals surface area contributed by atoms with Crippen LogP contribution >= 0.6 is 0 Å². The van der Waals surface area contributed by atoms with Crippen LogP contribution in [0, 0.1) is 0 Å². The number of carbonyl (C=O) groups excluding carboxylic acids is 2. The fourth-order valence-electron chi connectivity index (χ4n) is 2.13. The predicted octanol–water partition coefficient (Wildman–Crippen LogP) is 0.0758. The fraction of sp³-hybridized carbons (Fsp3) is 0.286. The molecule has 2 N–H and O–H groups in total. The van der Waals surface area contributed by atoms with Crippen LogP contribution in [0.15, 0.2) is 30.3 Å². The monoisotopic (exact) mass is 324 g/mol. The molecule has 0 atom stereocenters.